The zero-order valence-electron chi connectivity index (χ0n) is 19.3. The van der Waals surface area contributed by atoms with Crippen molar-refractivity contribution >= 4 is 23.0 Å². The van der Waals surface area contributed by atoms with Gasteiger partial charge in [0.1, 0.15) is 5.65 Å². The maximum absolute atomic E-state index is 12.7. The molecule has 1 N–H and O–H groups in total. The largest absolute Gasteiger partial charge is 0.381 e. The van der Waals surface area contributed by atoms with Crippen molar-refractivity contribution in [1.82, 2.24) is 19.6 Å². The third kappa shape index (κ3) is 5.20. The number of nitrogens with zero attached hydrogens (tertiary/aromatic N) is 3. The standard InChI is InChI=1S/C27H30N4O3/c32-26(17-20-9-15-34-16-10-20)30-12-7-23(8-13-30)22-2-4-24(5-3-22)27(33)29-18-21-1-6-25-28-11-14-31(25)19-21/h1-7,11,14,19-20H,8-10,12-13,15-18H2,(H,29,33). The molecule has 34 heavy (non-hydrogen) atoms. The van der Waals surface area contributed by atoms with Crippen molar-refractivity contribution in [2.45, 2.75) is 32.2 Å². The molecule has 7 heteroatoms. The molecule has 0 unspecified atom stereocenters. The van der Waals surface area contributed by atoms with Crippen LogP contribution in [0.25, 0.3) is 11.2 Å². The SMILES string of the molecule is O=C(NCc1ccc2nccn2c1)c1ccc(C2=CCN(C(=O)CC3CCOCC3)CC2)cc1. The first-order valence-electron chi connectivity index (χ1n) is 12.0. The minimum absolute atomic E-state index is 0.0974. The number of imidazole rings is 1. The third-order valence-corrected chi connectivity index (χ3v) is 6.79. The van der Waals surface area contributed by atoms with Crippen molar-refractivity contribution in [1.29, 1.82) is 0 Å². The summed E-state index contributed by atoms with van der Waals surface area (Å²) in [5.74, 6) is 0.611. The average molecular weight is 459 g/mol. The van der Waals surface area contributed by atoms with Gasteiger partial charge in [-0.2, -0.15) is 0 Å². The Labute approximate surface area is 199 Å². The van der Waals surface area contributed by atoms with E-state index in [0.717, 1.165) is 55.8 Å². The van der Waals surface area contributed by atoms with Crippen LogP contribution in [-0.2, 0) is 16.1 Å². The Morgan fingerprint density at radius 3 is 2.68 bits per heavy atom. The van der Waals surface area contributed by atoms with Crippen molar-refractivity contribution in [3.63, 3.8) is 0 Å². The van der Waals surface area contributed by atoms with Crippen LogP contribution in [0.2, 0.25) is 0 Å². The number of aromatic nitrogens is 2. The minimum atomic E-state index is -0.0974. The summed E-state index contributed by atoms with van der Waals surface area (Å²) < 4.78 is 7.33. The molecule has 1 fully saturated rings. The Bertz CT molecular complexity index is 1190. The fraction of sp³-hybridized carbons (Fsp3) is 0.370. The number of hydrogen-bond acceptors (Lipinski definition) is 4. The first-order chi connectivity index (χ1) is 16.7. The molecule has 0 atom stereocenters. The number of amides is 2. The molecule has 0 saturated carbocycles. The van der Waals surface area contributed by atoms with Gasteiger partial charge >= 0.3 is 0 Å². The van der Waals surface area contributed by atoms with Crippen molar-refractivity contribution in [3.05, 3.63) is 77.8 Å². The number of pyridine rings is 1. The summed E-state index contributed by atoms with van der Waals surface area (Å²) in [6.07, 6.45) is 11.2. The lowest BCUT2D eigenvalue weighted by Crippen LogP contribution is -2.36. The number of rotatable bonds is 6. The maximum atomic E-state index is 12.7. The molecule has 3 aromatic rings. The summed E-state index contributed by atoms with van der Waals surface area (Å²) in [4.78, 5) is 31.4. The summed E-state index contributed by atoms with van der Waals surface area (Å²) in [6, 6.07) is 11.6. The predicted molar refractivity (Wildman–Crippen MR) is 130 cm³/mol. The van der Waals surface area contributed by atoms with Gasteiger partial charge in [-0.3, -0.25) is 9.59 Å². The second kappa shape index (κ2) is 10.2. The second-order valence-corrected chi connectivity index (χ2v) is 9.07. The highest BCUT2D eigenvalue weighted by atomic mass is 16.5. The van der Waals surface area contributed by atoms with E-state index < -0.39 is 0 Å². The maximum Gasteiger partial charge on any atom is 0.251 e. The number of carbonyl (C=O) groups is 2. The lowest BCUT2D eigenvalue weighted by molar-refractivity contribution is -0.132. The Morgan fingerprint density at radius 1 is 1.09 bits per heavy atom. The van der Waals surface area contributed by atoms with Crippen molar-refractivity contribution in [3.8, 4) is 0 Å². The van der Waals surface area contributed by atoms with E-state index >= 15 is 0 Å². The molecule has 0 aliphatic carbocycles. The van der Waals surface area contributed by atoms with Gasteiger partial charge in [0.25, 0.3) is 5.91 Å². The number of ether oxygens (including phenoxy) is 1. The summed E-state index contributed by atoms with van der Waals surface area (Å²) in [5.41, 5.74) is 4.87. The van der Waals surface area contributed by atoms with Crippen LogP contribution in [0.1, 0.15) is 47.2 Å². The van der Waals surface area contributed by atoms with Gasteiger partial charge in [0.05, 0.1) is 0 Å². The summed E-state index contributed by atoms with van der Waals surface area (Å²) in [5, 5.41) is 2.98. The van der Waals surface area contributed by atoms with Gasteiger partial charge in [0.2, 0.25) is 5.91 Å². The third-order valence-electron chi connectivity index (χ3n) is 6.79. The number of carbonyl (C=O) groups excluding carboxylic acids is 2. The van der Waals surface area contributed by atoms with Gasteiger partial charge in [-0.25, -0.2) is 4.98 Å². The van der Waals surface area contributed by atoms with Gasteiger partial charge < -0.3 is 19.4 Å². The molecule has 0 bridgehead atoms. The molecule has 176 valence electrons. The topological polar surface area (TPSA) is 75.9 Å². The minimum Gasteiger partial charge on any atom is -0.381 e. The molecule has 2 aliphatic heterocycles. The van der Waals surface area contributed by atoms with Crippen molar-refractivity contribution < 1.29 is 14.3 Å². The second-order valence-electron chi connectivity index (χ2n) is 9.07. The van der Waals surface area contributed by atoms with E-state index in [1.807, 2.05) is 58.1 Å². The zero-order chi connectivity index (χ0) is 23.3. The normalized spacial score (nSPS) is 16.9. The van der Waals surface area contributed by atoms with E-state index in [2.05, 4.69) is 16.4 Å². The summed E-state index contributed by atoms with van der Waals surface area (Å²) >= 11 is 0. The molecule has 5 rings (SSSR count). The molecule has 1 aromatic carbocycles. The van der Waals surface area contributed by atoms with Gasteiger partial charge in [-0.1, -0.05) is 24.3 Å². The van der Waals surface area contributed by atoms with Crippen LogP contribution in [0.5, 0.6) is 0 Å². The molecule has 4 heterocycles. The smallest absolute Gasteiger partial charge is 0.251 e. The van der Waals surface area contributed by atoms with Crippen LogP contribution in [-0.4, -0.2) is 52.4 Å². The zero-order valence-corrected chi connectivity index (χ0v) is 19.3. The van der Waals surface area contributed by atoms with E-state index in [-0.39, 0.29) is 11.8 Å². The fourth-order valence-corrected chi connectivity index (χ4v) is 4.68. The molecule has 2 aliphatic rings. The Hall–Kier alpha value is -3.45. The summed E-state index contributed by atoms with van der Waals surface area (Å²) in [6.45, 7) is 3.41. The van der Waals surface area contributed by atoms with E-state index in [0.29, 0.717) is 31.0 Å². The van der Waals surface area contributed by atoms with Gasteiger partial charge in [-0.05, 0) is 60.1 Å². The van der Waals surface area contributed by atoms with Gasteiger partial charge in [0.15, 0.2) is 0 Å². The van der Waals surface area contributed by atoms with Gasteiger partial charge in [0, 0.05) is 63.4 Å². The highest BCUT2D eigenvalue weighted by Crippen LogP contribution is 2.25. The molecular weight excluding hydrogens is 428 g/mol. The number of nitrogens with one attached hydrogen (secondary N) is 1. The summed E-state index contributed by atoms with van der Waals surface area (Å²) in [7, 11) is 0. The lowest BCUT2D eigenvalue weighted by Gasteiger charge is -2.29. The van der Waals surface area contributed by atoms with Gasteiger partial charge in [-0.15, -0.1) is 0 Å². The van der Waals surface area contributed by atoms with Crippen molar-refractivity contribution in [2.24, 2.45) is 5.92 Å². The monoisotopic (exact) mass is 458 g/mol. The molecule has 7 nitrogen and oxygen atoms in total. The molecule has 0 spiro atoms. The van der Waals surface area contributed by atoms with E-state index in [9.17, 15) is 9.59 Å². The molecular formula is C27H30N4O3. The predicted octanol–water partition coefficient (Wildman–Crippen LogP) is 3.70. The van der Waals surface area contributed by atoms with Crippen LogP contribution >= 0.6 is 0 Å². The Morgan fingerprint density at radius 2 is 1.91 bits per heavy atom. The lowest BCUT2D eigenvalue weighted by atomic mass is 9.94. The fourth-order valence-electron chi connectivity index (χ4n) is 4.68. The first kappa shape index (κ1) is 22.3. The Kier molecular flexibility index (Phi) is 6.72. The number of fused-ring (bicyclic) bond motifs is 1. The van der Waals surface area contributed by atoms with Crippen LogP contribution in [0.3, 0.4) is 0 Å². The average Bonchev–Trinajstić information content (AvgIpc) is 3.36. The van der Waals surface area contributed by atoms with E-state index in [1.54, 1.807) is 6.20 Å². The van der Waals surface area contributed by atoms with E-state index in [4.69, 9.17) is 4.74 Å². The Balaban J connectivity index is 1.13. The number of hydrogen-bond donors (Lipinski definition) is 1. The molecule has 0 radical (unpaired) electrons. The van der Waals surface area contributed by atoms with Crippen LogP contribution in [0.15, 0.2) is 61.1 Å². The van der Waals surface area contributed by atoms with Crippen LogP contribution < -0.4 is 5.32 Å². The van der Waals surface area contributed by atoms with Crippen LogP contribution in [0, 0.1) is 5.92 Å². The molecule has 2 aromatic heterocycles. The van der Waals surface area contributed by atoms with Crippen molar-refractivity contribution in [2.75, 3.05) is 26.3 Å². The van der Waals surface area contributed by atoms with E-state index in [1.165, 1.54) is 5.57 Å². The van der Waals surface area contributed by atoms with Crippen LogP contribution in [0.4, 0.5) is 0 Å². The first-order valence-corrected chi connectivity index (χ1v) is 12.0. The number of benzene rings is 1. The molecule has 2 amide bonds. The quantitative estimate of drug-likeness (QED) is 0.611. The molecule has 1 saturated heterocycles. The highest BCUT2D eigenvalue weighted by molar-refractivity contribution is 5.94. The highest BCUT2D eigenvalue weighted by Gasteiger charge is 2.23.